The number of hydrogen-bond acceptors (Lipinski definition) is 4. The van der Waals surface area contributed by atoms with Crippen molar-refractivity contribution in [3.8, 4) is 0 Å². The molecule has 90 valence electrons. The van der Waals surface area contributed by atoms with Crippen molar-refractivity contribution in [2.24, 2.45) is 5.16 Å². The topological polar surface area (TPSA) is 71.8 Å². The van der Waals surface area contributed by atoms with Crippen molar-refractivity contribution in [1.29, 1.82) is 0 Å². The molecule has 1 aliphatic heterocycles. The molecule has 2 aromatic rings. The molecule has 1 aliphatic rings. The van der Waals surface area contributed by atoms with E-state index in [0.29, 0.717) is 11.4 Å². The van der Waals surface area contributed by atoms with Crippen molar-refractivity contribution in [3.63, 3.8) is 0 Å². The average Bonchev–Trinajstić information content (AvgIpc) is 2.87. The highest BCUT2D eigenvalue weighted by molar-refractivity contribution is 6.10. The predicted molar refractivity (Wildman–Crippen MR) is 65.4 cm³/mol. The van der Waals surface area contributed by atoms with Crippen LogP contribution in [0.1, 0.15) is 12.1 Å². The second-order valence-corrected chi connectivity index (χ2v) is 4.06. The molecule has 2 heterocycles. The number of aromatic nitrogens is 1. The maximum Gasteiger partial charge on any atom is 0.348 e. The lowest BCUT2D eigenvalue weighted by atomic mass is 10.0. The van der Waals surface area contributed by atoms with Gasteiger partial charge in [-0.1, -0.05) is 29.4 Å². The van der Waals surface area contributed by atoms with Crippen LogP contribution in [-0.4, -0.2) is 27.9 Å². The molecule has 0 radical (unpaired) electrons. The lowest BCUT2D eigenvalue weighted by Crippen LogP contribution is -2.20. The molecule has 18 heavy (non-hydrogen) atoms. The maximum atomic E-state index is 10.8. The van der Waals surface area contributed by atoms with Gasteiger partial charge < -0.3 is 9.94 Å². The quantitative estimate of drug-likeness (QED) is 0.871. The first-order valence-electron chi connectivity index (χ1n) is 5.55. The number of carbonyl (C=O) groups is 1. The lowest BCUT2D eigenvalue weighted by molar-refractivity contribution is -0.148. The summed E-state index contributed by atoms with van der Waals surface area (Å²) in [5, 5.41) is 14.7. The Bertz CT molecular complexity index is 646. The lowest BCUT2D eigenvalue weighted by Gasteiger charge is -2.03. The van der Waals surface area contributed by atoms with Crippen LogP contribution in [0.2, 0.25) is 0 Å². The SMILES string of the molecule is O=C(O)C1CC(c2nccc3ccccc23)=NO1. The van der Waals surface area contributed by atoms with E-state index in [-0.39, 0.29) is 6.42 Å². The van der Waals surface area contributed by atoms with Crippen LogP contribution in [0.15, 0.2) is 41.7 Å². The Labute approximate surface area is 103 Å². The predicted octanol–water partition coefficient (Wildman–Crippen LogP) is 1.81. The molecule has 0 aliphatic carbocycles. The van der Waals surface area contributed by atoms with E-state index in [2.05, 4.69) is 10.1 Å². The van der Waals surface area contributed by atoms with Gasteiger partial charge in [0.1, 0.15) is 5.71 Å². The second kappa shape index (κ2) is 4.10. The Kier molecular flexibility index (Phi) is 2.44. The molecule has 0 amide bonds. The van der Waals surface area contributed by atoms with Gasteiger partial charge in [-0.15, -0.1) is 0 Å². The Balaban J connectivity index is 2.03. The Morgan fingerprint density at radius 1 is 1.33 bits per heavy atom. The normalized spacial score (nSPS) is 18.4. The number of carboxylic acid groups (broad SMARTS) is 1. The summed E-state index contributed by atoms with van der Waals surface area (Å²) in [5.41, 5.74) is 1.27. The van der Waals surface area contributed by atoms with Crippen LogP contribution in [0.25, 0.3) is 10.8 Å². The second-order valence-electron chi connectivity index (χ2n) is 4.06. The molecule has 0 bridgehead atoms. The summed E-state index contributed by atoms with van der Waals surface area (Å²) in [6.07, 6.45) is 1.03. The van der Waals surface area contributed by atoms with Crippen molar-refractivity contribution in [3.05, 3.63) is 42.2 Å². The number of pyridine rings is 1. The van der Waals surface area contributed by atoms with Crippen LogP contribution in [0.5, 0.6) is 0 Å². The van der Waals surface area contributed by atoms with Crippen LogP contribution in [-0.2, 0) is 9.63 Å². The number of nitrogens with zero attached hydrogens (tertiary/aromatic N) is 2. The zero-order chi connectivity index (χ0) is 12.5. The summed E-state index contributed by atoms with van der Waals surface area (Å²) in [6.45, 7) is 0. The third-order valence-corrected chi connectivity index (χ3v) is 2.89. The van der Waals surface area contributed by atoms with Crippen LogP contribution < -0.4 is 0 Å². The van der Waals surface area contributed by atoms with E-state index in [1.165, 1.54) is 0 Å². The zero-order valence-electron chi connectivity index (χ0n) is 9.41. The van der Waals surface area contributed by atoms with Gasteiger partial charge in [-0.2, -0.15) is 0 Å². The minimum Gasteiger partial charge on any atom is -0.478 e. The maximum absolute atomic E-state index is 10.8. The van der Waals surface area contributed by atoms with E-state index in [9.17, 15) is 4.79 Å². The fraction of sp³-hybridized carbons (Fsp3) is 0.154. The first kappa shape index (κ1) is 10.7. The van der Waals surface area contributed by atoms with Crippen molar-refractivity contribution in [1.82, 2.24) is 4.98 Å². The van der Waals surface area contributed by atoms with Gasteiger partial charge in [-0.25, -0.2) is 4.79 Å². The third-order valence-electron chi connectivity index (χ3n) is 2.89. The molecular formula is C13H10N2O3. The smallest absolute Gasteiger partial charge is 0.348 e. The fourth-order valence-corrected chi connectivity index (χ4v) is 2.00. The highest BCUT2D eigenvalue weighted by Crippen LogP contribution is 2.22. The molecule has 1 aromatic carbocycles. The molecule has 1 atom stereocenters. The van der Waals surface area contributed by atoms with E-state index < -0.39 is 12.1 Å². The first-order chi connectivity index (χ1) is 8.75. The highest BCUT2D eigenvalue weighted by atomic mass is 16.7. The average molecular weight is 242 g/mol. The summed E-state index contributed by atoms with van der Waals surface area (Å²) >= 11 is 0. The van der Waals surface area contributed by atoms with Crippen molar-refractivity contribution < 1.29 is 14.7 Å². The fourth-order valence-electron chi connectivity index (χ4n) is 2.00. The molecule has 0 saturated carbocycles. The van der Waals surface area contributed by atoms with Gasteiger partial charge in [-0.05, 0) is 11.5 Å². The highest BCUT2D eigenvalue weighted by Gasteiger charge is 2.29. The van der Waals surface area contributed by atoms with E-state index in [0.717, 1.165) is 10.8 Å². The number of benzene rings is 1. The van der Waals surface area contributed by atoms with Crippen LogP contribution in [0.4, 0.5) is 0 Å². The van der Waals surface area contributed by atoms with Crippen LogP contribution in [0.3, 0.4) is 0 Å². The molecule has 1 aromatic heterocycles. The molecule has 0 fully saturated rings. The van der Waals surface area contributed by atoms with Gasteiger partial charge in [-0.3, -0.25) is 4.98 Å². The summed E-state index contributed by atoms with van der Waals surface area (Å²) < 4.78 is 0. The minimum absolute atomic E-state index is 0.246. The van der Waals surface area contributed by atoms with Crippen LogP contribution in [0, 0.1) is 0 Å². The first-order valence-corrected chi connectivity index (χ1v) is 5.55. The molecule has 3 rings (SSSR count). The zero-order valence-corrected chi connectivity index (χ0v) is 9.41. The molecule has 0 spiro atoms. The summed E-state index contributed by atoms with van der Waals surface area (Å²) in [4.78, 5) is 20.0. The van der Waals surface area contributed by atoms with Gasteiger partial charge >= 0.3 is 5.97 Å². The molecule has 1 unspecified atom stereocenters. The number of oxime groups is 1. The monoisotopic (exact) mass is 242 g/mol. The number of hydrogen-bond donors (Lipinski definition) is 1. The van der Waals surface area contributed by atoms with Crippen LogP contribution >= 0.6 is 0 Å². The van der Waals surface area contributed by atoms with E-state index >= 15 is 0 Å². The Hall–Kier alpha value is -2.43. The number of carboxylic acids is 1. The Morgan fingerprint density at radius 2 is 2.17 bits per heavy atom. The van der Waals surface area contributed by atoms with Gasteiger partial charge in [0, 0.05) is 18.0 Å². The van der Waals surface area contributed by atoms with Crippen molar-refractivity contribution >= 4 is 22.5 Å². The molecule has 5 heteroatoms. The van der Waals surface area contributed by atoms with E-state index in [1.54, 1.807) is 6.20 Å². The molecule has 5 nitrogen and oxygen atoms in total. The van der Waals surface area contributed by atoms with Gasteiger partial charge in [0.25, 0.3) is 0 Å². The standard InChI is InChI=1S/C13H10N2O3/c16-13(17)11-7-10(15-18-11)12-9-4-2-1-3-8(9)5-6-14-12/h1-6,11H,7H2,(H,16,17). The van der Waals surface area contributed by atoms with E-state index in [4.69, 9.17) is 9.94 Å². The largest absolute Gasteiger partial charge is 0.478 e. The van der Waals surface area contributed by atoms with Crippen molar-refractivity contribution in [2.75, 3.05) is 0 Å². The number of rotatable bonds is 2. The third kappa shape index (κ3) is 1.69. The Morgan fingerprint density at radius 3 is 2.94 bits per heavy atom. The minimum atomic E-state index is -1.01. The van der Waals surface area contributed by atoms with Gasteiger partial charge in [0.15, 0.2) is 0 Å². The molecular weight excluding hydrogens is 232 g/mol. The summed E-state index contributed by atoms with van der Waals surface area (Å²) in [6, 6.07) is 9.68. The molecule has 0 saturated heterocycles. The molecule has 1 N–H and O–H groups in total. The number of fused-ring (bicyclic) bond motifs is 1. The van der Waals surface area contributed by atoms with Gasteiger partial charge in [0.05, 0.1) is 5.69 Å². The van der Waals surface area contributed by atoms with E-state index in [1.807, 2.05) is 30.3 Å². The number of aliphatic carboxylic acids is 1. The summed E-state index contributed by atoms with van der Waals surface area (Å²) in [7, 11) is 0. The van der Waals surface area contributed by atoms with Gasteiger partial charge in [0.2, 0.25) is 6.10 Å². The summed E-state index contributed by atoms with van der Waals surface area (Å²) in [5.74, 6) is -1.01. The van der Waals surface area contributed by atoms with Crippen molar-refractivity contribution in [2.45, 2.75) is 12.5 Å².